The van der Waals surface area contributed by atoms with Gasteiger partial charge in [0.25, 0.3) is 6.10 Å². The first-order valence-electron chi connectivity index (χ1n) is 6.40. The van der Waals surface area contributed by atoms with Gasteiger partial charge >= 0.3 is 27.5 Å². The molecule has 25 heavy (non-hydrogen) atoms. The Bertz CT molecular complexity index is 751. The van der Waals surface area contributed by atoms with Crippen molar-refractivity contribution < 1.29 is 44.5 Å². The van der Waals surface area contributed by atoms with E-state index in [0.29, 0.717) is 0 Å². The average Bonchev–Trinajstić information content (AvgIpc) is 2.49. The highest BCUT2D eigenvalue weighted by molar-refractivity contribution is 7.86. The minimum Gasteiger partial charge on any atom is -0.441 e. The first kappa shape index (κ1) is 21.4. The van der Waals surface area contributed by atoms with E-state index in [1.165, 1.54) is 12.1 Å². The van der Waals surface area contributed by atoms with Crippen molar-refractivity contribution in [2.24, 2.45) is 0 Å². The number of benzene rings is 1. The molecule has 0 heterocycles. The Hall–Kier alpha value is -1.62. The van der Waals surface area contributed by atoms with Crippen LogP contribution >= 0.6 is 0 Å². The van der Waals surface area contributed by atoms with Crippen molar-refractivity contribution in [2.45, 2.75) is 30.2 Å². The standard InChI is InChI=1S/C12H9B2F5O5S/c13-4-6-1-2-7(5-14)8(3-6)9(20)24-10(11(15,16)17)12(18,19)25(21,22)23/h1-3,10H,4-5H2,(H,21,22,23). The van der Waals surface area contributed by atoms with E-state index in [2.05, 4.69) is 4.74 Å². The number of ether oxygens (including phenoxy) is 1. The van der Waals surface area contributed by atoms with Crippen molar-refractivity contribution in [1.82, 2.24) is 0 Å². The molecular formula is C12H9B2F5O5S. The third-order valence-electron chi connectivity index (χ3n) is 3.02. The second-order valence-electron chi connectivity index (χ2n) is 4.76. The molecule has 1 N–H and O–H groups in total. The van der Waals surface area contributed by atoms with Gasteiger partial charge < -0.3 is 4.74 Å². The molecule has 5 nitrogen and oxygen atoms in total. The highest BCUT2D eigenvalue weighted by Crippen LogP contribution is 2.38. The molecule has 1 aromatic carbocycles. The Morgan fingerprint density at radius 3 is 2.12 bits per heavy atom. The lowest BCUT2D eigenvalue weighted by molar-refractivity contribution is -0.248. The second kappa shape index (κ2) is 7.32. The van der Waals surface area contributed by atoms with E-state index in [-0.39, 0.29) is 23.8 Å². The van der Waals surface area contributed by atoms with Gasteiger partial charge in [0.1, 0.15) is 0 Å². The molecule has 0 amide bonds. The predicted molar refractivity (Wildman–Crippen MR) is 77.1 cm³/mol. The van der Waals surface area contributed by atoms with Crippen LogP contribution in [0.15, 0.2) is 18.2 Å². The molecule has 0 aliphatic heterocycles. The quantitative estimate of drug-likeness (QED) is 0.350. The van der Waals surface area contributed by atoms with Crippen molar-refractivity contribution in [2.75, 3.05) is 0 Å². The largest absolute Gasteiger partial charge is 0.441 e. The molecule has 0 aliphatic rings. The van der Waals surface area contributed by atoms with E-state index in [1.54, 1.807) is 0 Å². The van der Waals surface area contributed by atoms with E-state index in [1.807, 2.05) is 0 Å². The number of hydrogen-bond donors (Lipinski definition) is 1. The van der Waals surface area contributed by atoms with Crippen LogP contribution in [0.2, 0.25) is 0 Å². The molecule has 0 aromatic heterocycles. The van der Waals surface area contributed by atoms with Crippen molar-refractivity contribution in [3.8, 4) is 0 Å². The van der Waals surface area contributed by atoms with Crippen LogP contribution in [0.5, 0.6) is 0 Å². The van der Waals surface area contributed by atoms with Gasteiger partial charge in [-0.25, -0.2) is 4.79 Å². The maximum atomic E-state index is 13.4. The summed E-state index contributed by atoms with van der Waals surface area (Å²) in [4.78, 5) is 11.9. The summed E-state index contributed by atoms with van der Waals surface area (Å²) >= 11 is 0. The maximum Gasteiger partial charge on any atom is 0.432 e. The molecule has 0 saturated carbocycles. The highest BCUT2D eigenvalue weighted by atomic mass is 32.2. The first-order chi connectivity index (χ1) is 11.3. The van der Waals surface area contributed by atoms with Gasteiger partial charge in [0, 0.05) is 0 Å². The Morgan fingerprint density at radius 2 is 1.72 bits per heavy atom. The first-order valence-corrected chi connectivity index (χ1v) is 7.84. The Kier molecular flexibility index (Phi) is 6.27. The molecule has 0 aliphatic carbocycles. The van der Waals surface area contributed by atoms with E-state index in [9.17, 15) is 35.2 Å². The second-order valence-corrected chi connectivity index (χ2v) is 6.26. The van der Waals surface area contributed by atoms with Gasteiger partial charge in [-0.1, -0.05) is 30.3 Å². The molecule has 0 spiro atoms. The number of hydrogen-bond acceptors (Lipinski definition) is 4. The van der Waals surface area contributed by atoms with Gasteiger partial charge in [0.05, 0.1) is 21.3 Å². The summed E-state index contributed by atoms with van der Waals surface area (Å²) in [6, 6.07) is 3.60. The summed E-state index contributed by atoms with van der Waals surface area (Å²) in [6.45, 7) is 0. The summed E-state index contributed by atoms with van der Waals surface area (Å²) < 4.78 is 98.3. The van der Waals surface area contributed by atoms with Gasteiger partial charge in [-0.05, 0) is 11.6 Å². The van der Waals surface area contributed by atoms with Crippen molar-refractivity contribution in [3.05, 3.63) is 34.9 Å². The van der Waals surface area contributed by atoms with Crippen LogP contribution in [0.1, 0.15) is 21.5 Å². The molecule has 1 unspecified atom stereocenters. The normalized spacial score (nSPS) is 14.2. The summed E-state index contributed by atoms with van der Waals surface area (Å²) in [6.07, 6.45) is -10.9. The van der Waals surface area contributed by atoms with Crippen LogP contribution in [0.4, 0.5) is 22.0 Å². The van der Waals surface area contributed by atoms with Crippen LogP contribution in [0.25, 0.3) is 0 Å². The molecule has 1 aromatic rings. The van der Waals surface area contributed by atoms with E-state index < -0.39 is 39.2 Å². The molecule has 1 rings (SSSR count). The molecule has 0 saturated heterocycles. The Balaban J connectivity index is 3.34. The number of esters is 1. The number of carbonyl (C=O) groups is 1. The number of rotatable bonds is 6. The monoisotopic (exact) mass is 382 g/mol. The summed E-state index contributed by atoms with van der Waals surface area (Å²) in [5.41, 5.74) is -0.376. The van der Waals surface area contributed by atoms with E-state index in [0.717, 1.165) is 6.07 Å². The molecule has 134 valence electrons. The third kappa shape index (κ3) is 4.72. The highest BCUT2D eigenvalue weighted by Gasteiger charge is 2.66. The fourth-order valence-corrected chi connectivity index (χ4v) is 2.20. The molecule has 1 atom stereocenters. The van der Waals surface area contributed by atoms with Gasteiger partial charge in [-0.3, -0.25) is 4.55 Å². The van der Waals surface area contributed by atoms with Gasteiger partial charge in [0.2, 0.25) is 0 Å². The fraction of sp³-hybridized carbons (Fsp3) is 0.417. The maximum absolute atomic E-state index is 13.4. The Labute approximate surface area is 142 Å². The minimum absolute atomic E-state index is 0.0432. The molecule has 0 bridgehead atoms. The smallest absolute Gasteiger partial charge is 0.432 e. The van der Waals surface area contributed by atoms with Crippen LogP contribution in [-0.4, -0.2) is 52.2 Å². The summed E-state index contributed by atoms with van der Waals surface area (Å²) in [5.74, 6) is -1.90. The van der Waals surface area contributed by atoms with Crippen LogP contribution < -0.4 is 0 Å². The minimum atomic E-state index is -6.52. The van der Waals surface area contributed by atoms with Crippen molar-refractivity contribution in [3.63, 3.8) is 0 Å². The number of carbonyl (C=O) groups excluding carboxylic acids is 1. The molecule has 0 fully saturated rings. The molecule has 13 heteroatoms. The van der Waals surface area contributed by atoms with Crippen LogP contribution in [0.3, 0.4) is 0 Å². The lowest BCUT2D eigenvalue weighted by Gasteiger charge is -2.26. The van der Waals surface area contributed by atoms with Gasteiger partial charge in [-0.15, -0.1) is 0 Å². The van der Waals surface area contributed by atoms with Gasteiger partial charge in [0.15, 0.2) is 0 Å². The topological polar surface area (TPSA) is 80.7 Å². The summed E-state index contributed by atoms with van der Waals surface area (Å²) in [7, 11) is 4.10. The van der Waals surface area contributed by atoms with E-state index in [4.69, 9.17) is 20.2 Å². The average molecular weight is 382 g/mol. The zero-order chi connectivity index (χ0) is 19.6. The summed E-state index contributed by atoms with van der Waals surface area (Å²) in [5, 5.41) is -5.81. The van der Waals surface area contributed by atoms with Gasteiger partial charge in [-0.2, -0.15) is 30.4 Å². The van der Waals surface area contributed by atoms with E-state index >= 15 is 0 Å². The molecule has 4 radical (unpaired) electrons. The zero-order valence-corrected chi connectivity index (χ0v) is 13.1. The zero-order valence-electron chi connectivity index (χ0n) is 12.3. The number of alkyl halides is 5. The lowest BCUT2D eigenvalue weighted by atomic mass is 9.89. The van der Waals surface area contributed by atoms with Crippen LogP contribution in [-0.2, 0) is 27.5 Å². The van der Waals surface area contributed by atoms with Crippen LogP contribution in [0, 0.1) is 0 Å². The van der Waals surface area contributed by atoms with Crippen molar-refractivity contribution in [1.29, 1.82) is 0 Å². The predicted octanol–water partition coefficient (Wildman–Crippen LogP) is 1.59. The molecular weight excluding hydrogens is 373 g/mol. The SMILES string of the molecule is [B]Cc1ccc(C[B])c(C(=O)OC(C(F)(F)F)C(F)(F)S(=O)(=O)O)c1. The fourth-order valence-electron chi connectivity index (χ4n) is 1.75. The number of halogens is 5. The Morgan fingerprint density at radius 1 is 1.16 bits per heavy atom. The lowest BCUT2D eigenvalue weighted by Crippen LogP contribution is -2.52. The third-order valence-corrected chi connectivity index (χ3v) is 3.92. The van der Waals surface area contributed by atoms with Crippen molar-refractivity contribution >= 4 is 31.8 Å².